The Bertz CT molecular complexity index is 979. The molecule has 1 unspecified atom stereocenters. The van der Waals surface area contributed by atoms with Crippen molar-refractivity contribution in [3.63, 3.8) is 0 Å². The number of phenols is 1. The summed E-state index contributed by atoms with van der Waals surface area (Å²) in [6.45, 7) is 3.67. The lowest BCUT2D eigenvalue weighted by molar-refractivity contribution is -0.113. The van der Waals surface area contributed by atoms with E-state index in [4.69, 9.17) is 28.6 Å². The lowest BCUT2D eigenvalue weighted by Crippen LogP contribution is -2.44. The van der Waals surface area contributed by atoms with Gasteiger partial charge < -0.3 is 20.5 Å². The van der Waals surface area contributed by atoms with Crippen LogP contribution in [-0.4, -0.2) is 22.6 Å². The molecule has 28 heavy (non-hydrogen) atoms. The van der Waals surface area contributed by atoms with E-state index >= 15 is 0 Å². The Morgan fingerprint density at radius 2 is 2.04 bits per heavy atom. The average Bonchev–Trinajstić information content (AvgIpc) is 2.68. The van der Waals surface area contributed by atoms with Crippen molar-refractivity contribution in [2.24, 2.45) is 0 Å². The Kier molecular flexibility index (Phi) is 6.27. The molecule has 1 atom stereocenters. The van der Waals surface area contributed by atoms with Crippen molar-refractivity contribution in [2.75, 3.05) is 6.61 Å². The molecule has 2 aromatic carbocycles. The van der Waals surface area contributed by atoms with Gasteiger partial charge in [-0.2, -0.15) is 0 Å². The summed E-state index contributed by atoms with van der Waals surface area (Å²) in [6, 6.07) is 10.5. The van der Waals surface area contributed by atoms with Gasteiger partial charge in [0, 0.05) is 11.1 Å². The molecule has 146 valence electrons. The van der Waals surface area contributed by atoms with Crippen LogP contribution in [0.15, 0.2) is 46.4 Å². The first kappa shape index (κ1) is 20.6. The van der Waals surface area contributed by atoms with Crippen molar-refractivity contribution in [2.45, 2.75) is 19.9 Å². The second-order valence-electron chi connectivity index (χ2n) is 6.12. The van der Waals surface area contributed by atoms with Crippen LogP contribution in [0.1, 0.15) is 31.0 Å². The Labute approximate surface area is 181 Å². The lowest BCUT2D eigenvalue weighted by Gasteiger charge is -2.32. The second-order valence-corrected chi connectivity index (χ2v) is 7.70. The topological polar surface area (TPSA) is 70.6 Å². The molecule has 3 N–H and O–H groups in total. The number of nitrogens with one attached hydrogen (secondary N) is 2. The molecule has 0 amide bonds. The molecule has 1 aliphatic heterocycles. The zero-order valence-electron chi connectivity index (χ0n) is 15.2. The zero-order chi connectivity index (χ0) is 20.4. The maximum atomic E-state index is 12.6. The van der Waals surface area contributed by atoms with Crippen LogP contribution in [-0.2, 0) is 4.79 Å². The number of carbonyl (C=O) groups is 1. The molecule has 0 spiro atoms. The number of rotatable bonds is 5. The van der Waals surface area contributed by atoms with E-state index in [2.05, 4.69) is 26.6 Å². The van der Waals surface area contributed by atoms with E-state index in [-0.39, 0.29) is 22.3 Å². The second kappa shape index (κ2) is 8.51. The van der Waals surface area contributed by atoms with E-state index in [0.717, 1.165) is 5.56 Å². The van der Waals surface area contributed by atoms with E-state index in [9.17, 15) is 9.90 Å². The first-order valence-corrected chi connectivity index (χ1v) is 10.1. The van der Waals surface area contributed by atoms with Crippen LogP contribution >= 0.6 is 39.7 Å². The summed E-state index contributed by atoms with van der Waals surface area (Å²) < 4.78 is 5.82. The van der Waals surface area contributed by atoms with Gasteiger partial charge in [0.05, 0.1) is 27.8 Å². The number of hydrogen-bond acceptors (Lipinski definition) is 4. The van der Waals surface area contributed by atoms with Gasteiger partial charge in [-0.3, -0.25) is 4.79 Å². The number of hydrogen-bond donors (Lipinski definition) is 3. The van der Waals surface area contributed by atoms with Crippen LogP contribution < -0.4 is 15.4 Å². The molecule has 0 aromatic heterocycles. The maximum Gasteiger partial charge on any atom is 0.173 e. The van der Waals surface area contributed by atoms with E-state index < -0.39 is 6.04 Å². The molecule has 0 aliphatic carbocycles. The summed E-state index contributed by atoms with van der Waals surface area (Å²) in [7, 11) is 0. The molecule has 2 aromatic rings. The Balaban J connectivity index is 2.25. The SMILES string of the molecule is CCOc1cc(C2NC(=S)NC(c3ccccc3)=C2C(C)=O)c(Cl)c(Br)c1O. The predicted octanol–water partition coefficient (Wildman–Crippen LogP) is 4.73. The van der Waals surface area contributed by atoms with Gasteiger partial charge in [0.1, 0.15) is 0 Å². The molecule has 1 heterocycles. The number of ether oxygens (including phenoxy) is 1. The van der Waals surface area contributed by atoms with Crippen molar-refractivity contribution in [3.8, 4) is 11.5 Å². The van der Waals surface area contributed by atoms with Crippen LogP contribution in [0.2, 0.25) is 5.02 Å². The van der Waals surface area contributed by atoms with Gasteiger partial charge >= 0.3 is 0 Å². The molecule has 8 heteroatoms. The molecule has 0 saturated heterocycles. The number of benzene rings is 2. The van der Waals surface area contributed by atoms with Gasteiger partial charge in [0.15, 0.2) is 22.4 Å². The average molecular weight is 482 g/mol. The maximum absolute atomic E-state index is 12.6. The molecular weight excluding hydrogens is 464 g/mol. The fourth-order valence-electron chi connectivity index (χ4n) is 3.10. The molecule has 0 bridgehead atoms. The van der Waals surface area contributed by atoms with Crippen molar-refractivity contribution < 1.29 is 14.6 Å². The summed E-state index contributed by atoms with van der Waals surface area (Å²) in [5, 5.41) is 17.1. The highest BCUT2D eigenvalue weighted by molar-refractivity contribution is 9.10. The summed E-state index contributed by atoms with van der Waals surface area (Å²) in [5.41, 5.74) is 2.51. The standard InChI is InChI=1S/C20H18BrClN2O3S/c1-3-27-13-9-12(16(22)15(21)19(13)26)18-14(10(2)25)17(23-20(28)24-18)11-7-5-4-6-8-11/h4-9,18,26H,3H2,1-2H3,(H2,23,24,28). The highest BCUT2D eigenvalue weighted by atomic mass is 79.9. The number of carbonyl (C=O) groups excluding carboxylic acids is 1. The predicted molar refractivity (Wildman–Crippen MR) is 118 cm³/mol. The number of thiocarbonyl (C=S) groups is 1. The fourth-order valence-corrected chi connectivity index (χ4v) is 3.99. The van der Waals surface area contributed by atoms with Gasteiger partial charge in [-0.15, -0.1) is 0 Å². The molecule has 0 saturated carbocycles. The van der Waals surface area contributed by atoms with Crippen molar-refractivity contribution in [1.29, 1.82) is 0 Å². The molecule has 0 radical (unpaired) electrons. The molecule has 1 aliphatic rings. The van der Waals surface area contributed by atoms with Crippen molar-refractivity contribution >= 4 is 56.3 Å². The van der Waals surface area contributed by atoms with E-state index in [1.165, 1.54) is 6.92 Å². The first-order valence-electron chi connectivity index (χ1n) is 8.56. The zero-order valence-corrected chi connectivity index (χ0v) is 18.3. The van der Waals surface area contributed by atoms with Crippen LogP contribution in [0.25, 0.3) is 5.70 Å². The van der Waals surface area contributed by atoms with Crippen LogP contribution in [0, 0.1) is 0 Å². The first-order chi connectivity index (χ1) is 13.3. The number of Topliss-reactive ketones (excluding diaryl/α,β-unsaturated/α-hetero) is 1. The number of phenolic OH excluding ortho intramolecular Hbond substituents is 1. The number of ketones is 1. The van der Waals surface area contributed by atoms with Crippen LogP contribution in [0.4, 0.5) is 0 Å². The number of aromatic hydroxyl groups is 1. The quantitative estimate of drug-likeness (QED) is 0.537. The Morgan fingerprint density at radius 1 is 1.36 bits per heavy atom. The van der Waals surface area contributed by atoms with Gasteiger partial charge in [-0.1, -0.05) is 41.9 Å². The van der Waals surface area contributed by atoms with E-state index in [1.54, 1.807) is 6.07 Å². The lowest BCUT2D eigenvalue weighted by atomic mass is 9.90. The minimum Gasteiger partial charge on any atom is -0.503 e. The third-order valence-corrected chi connectivity index (χ3v) is 5.93. The van der Waals surface area contributed by atoms with Crippen molar-refractivity contribution in [3.05, 3.63) is 62.6 Å². The third-order valence-electron chi connectivity index (χ3n) is 4.30. The largest absolute Gasteiger partial charge is 0.503 e. The summed E-state index contributed by atoms with van der Waals surface area (Å²) in [4.78, 5) is 12.6. The smallest absolute Gasteiger partial charge is 0.173 e. The molecule has 5 nitrogen and oxygen atoms in total. The van der Waals surface area contributed by atoms with Gasteiger partial charge in [0.25, 0.3) is 0 Å². The minimum absolute atomic E-state index is 0.0938. The minimum atomic E-state index is -0.606. The third kappa shape index (κ3) is 3.87. The summed E-state index contributed by atoms with van der Waals surface area (Å²) in [5.74, 6) is 0.0394. The van der Waals surface area contributed by atoms with Gasteiger partial charge in [0.2, 0.25) is 0 Å². The normalized spacial score (nSPS) is 16.4. The number of halogens is 2. The van der Waals surface area contributed by atoms with E-state index in [1.807, 2.05) is 37.3 Å². The summed E-state index contributed by atoms with van der Waals surface area (Å²) in [6.07, 6.45) is 0. The Hall–Kier alpha value is -2.09. The summed E-state index contributed by atoms with van der Waals surface area (Å²) >= 11 is 15.2. The van der Waals surface area contributed by atoms with E-state index in [0.29, 0.717) is 33.0 Å². The molecular formula is C20H18BrClN2O3S. The molecule has 3 rings (SSSR count). The Morgan fingerprint density at radius 3 is 2.64 bits per heavy atom. The van der Waals surface area contributed by atoms with Gasteiger partial charge in [-0.25, -0.2) is 0 Å². The van der Waals surface area contributed by atoms with Gasteiger partial charge in [-0.05, 0) is 53.6 Å². The van der Waals surface area contributed by atoms with Crippen LogP contribution in [0.5, 0.6) is 11.5 Å². The fraction of sp³-hybridized carbons (Fsp3) is 0.200. The van der Waals surface area contributed by atoms with Crippen LogP contribution in [0.3, 0.4) is 0 Å². The monoisotopic (exact) mass is 480 g/mol. The highest BCUT2D eigenvalue weighted by Crippen LogP contribution is 2.46. The highest BCUT2D eigenvalue weighted by Gasteiger charge is 2.33. The van der Waals surface area contributed by atoms with Crippen molar-refractivity contribution in [1.82, 2.24) is 10.6 Å². The molecule has 0 fully saturated rings.